The summed E-state index contributed by atoms with van der Waals surface area (Å²) < 4.78 is 5.84. The topological polar surface area (TPSA) is 104 Å². The maximum absolute atomic E-state index is 13.3. The molecule has 4 aliphatic rings. The van der Waals surface area contributed by atoms with Crippen molar-refractivity contribution >= 4 is 28.5 Å². The molecule has 0 saturated carbocycles. The van der Waals surface area contributed by atoms with Gasteiger partial charge in [-0.05, 0) is 57.2 Å². The van der Waals surface area contributed by atoms with Crippen LogP contribution in [0.15, 0.2) is 23.0 Å². The Morgan fingerprint density at radius 2 is 1.78 bits per heavy atom. The summed E-state index contributed by atoms with van der Waals surface area (Å²) in [7, 11) is 0. The van der Waals surface area contributed by atoms with Crippen LogP contribution in [-0.2, 0) is 6.54 Å². The normalized spacial score (nSPS) is 24.9. The quantitative estimate of drug-likeness (QED) is 0.679. The van der Waals surface area contributed by atoms with Gasteiger partial charge in [0.2, 0.25) is 0 Å². The summed E-state index contributed by atoms with van der Waals surface area (Å²) >= 11 is 1.05. The Kier molecular flexibility index (Phi) is 6.51. The number of carbonyl (C=O) groups is 2. The zero-order chi connectivity index (χ0) is 24.6. The van der Waals surface area contributed by atoms with Crippen LogP contribution in [0.2, 0.25) is 0 Å². The number of likely N-dealkylation sites (tertiary alicyclic amines) is 3. The summed E-state index contributed by atoms with van der Waals surface area (Å²) in [6, 6.07) is 5.70. The molecule has 0 aromatic carbocycles. The van der Waals surface area contributed by atoms with Crippen LogP contribution in [-0.4, -0.2) is 86.1 Å². The van der Waals surface area contributed by atoms with E-state index in [1.807, 2.05) is 15.5 Å². The third kappa shape index (κ3) is 4.54. The number of anilines is 1. The second-order valence-electron chi connectivity index (χ2n) is 10.6. The lowest BCUT2D eigenvalue weighted by Gasteiger charge is -2.42. The van der Waals surface area contributed by atoms with Crippen molar-refractivity contribution in [3.63, 3.8) is 0 Å². The molecule has 36 heavy (non-hydrogen) atoms. The Morgan fingerprint density at radius 1 is 0.972 bits per heavy atom. The fourth-order valence-corrected chi connectivity index (χ4v) is 7.07. The minimum Gasteiger partial charge on any atom is -0.337 e. The van der Waals surface area contributed by atoms with Gasteiger partial charge in [-0.15, -0.1) is 5.10 Å². The molecule has 2 aromatic rings. The molecule has 0 aliphatic carbocycles. The number of carbonyl (C=O) groups excluding carboxylic acids is 2. The summed E-state index contributed by atoms with van der Waals surface area (Å²) in [4.78, 5) is 45.0. The van der Waals surface area contributed by atoms with Gasteiger partial charge in [0, 0.05) is 68.0 Å². The summed E-state index contributed by atoms with van der Waals surface area (Å²) in [5.74, 6) is 0.225. The molecule has 192 valence electrons. The molecule has 1 N–H and O–H groups in total. The average Bonchev–Trinajstić information content (AvgIpc) is 3.37. The Labute approximate surface area is 214 Å². The van der Waals surface area contributed by atoms with E-state index in [0.717, 1.165) is 36.5 Å². The number of nitrogens with zero attached hydrogens (tertiary/aromatic N) is 6. The highest BCUT2D eigenvalue weighted by Gasteiger charge is 2.37. The van der Waals surface area contributed by atoms with Gasteiger partial charge >= 0.3 is 6.03 Å². The fourth-order valence-electron chi connectivity index (χ4n) is 6.52. The van der Waals surface area contributed by atoms with E-state index < -0.39 is 0 Å². The molecular formula is C25H33N7O3S. The van der Waals surface area contributed by atoms with Crippen LogP contribution in [0.5, 0.6) is 0 Å². The molecular weight excluding hydrogens is 478 g/mol. The van der Waals surface area contributed by atoms with Gasteiger partial charge < -0.3 is 19.3 Å². The lowest BCUT2D eigenvalue weighted by atomic mass is 9.83. The first kappa shape index (κ1) is 23.6. The van der Waals surface area contributed by atoms with E-state index in [-0.39, 0.29) is 35.0 Å². The fraction of sp³-hybridized carbons (Fsp3) is 0.640. The van der Waals surface area contributed by atoms with Crippen molar-refractivity contribution in [1.29, 1.82) is 0 Å². The Balaban J connectivity index is 1.08. The largest absolute Gasteiger partial charge is 0.337 e. The highest BCUT2D eigenvalue weighted by molar-refractivity contribution is 7.10. The van der Waals surface area contributed by atoms with Crippen molar-refractivity contribution in [2.24, 2.45) is 5.92 Å². The third-order valence-electron chi connectivity index (χ3n) is 8.34. The summed E-state index contributed by atoms with van der Waals surface area (Å²) in [5, 5.41) is 7.42. The molecule has 4 aliphatic heterocycles. The van der Waals surface area contributed by atoms with E-state index >= 15 is 0 Å². The van der Waals surface area contributed by atoms with Crippen molar-refractivity contribution in [3.8, 4) is 0 Å². The smallest absolute Gasteiger partial charge is 0.322 e. The van der Waals surface area contributed by atoms with Crippen LogP contribution in [0.3, 0.4) is 0 Å². The molecule has 0 radical (unpaired) electrons. The highest BCUT2D eigenvalue weighted by atomic mass is 32.1. The molecule has 6 rings (SSSR count). The van der Waals surface area contributed by atoms with E-state index in [1.54, 1.807) is 17.0 Å². The number of fused-ring (bicyclic) bond motifs is 4. The van der Waals surface area contributed by atoms with Crippen LogP contribution in [0.25, 0.3) is 0 Å². The molecule has 0 spiro atoms. The van der Waals surface area contributed by atoms with Crippen LogP contribution < -0.4 is 10.9 Å². The number of amides is 3. The minimum absolute atomic E-state index is 0.0268. The number of rotatable bonds is 3. The second-order valence-corrected chi connectivity index (χ2v) is 11.4. The van der Waals surface area contributed by atoms with Gasteiger partial charge in [0.25, 0.3) is 11.5 Å². The molecule has 2 unspecified atom stereocenters. The van der Waals surface area contributed by atoms with E-state index in [9.17, 15) is 14.4 Å². The number of piperidine rings is 3. The van der Waals surface area contributed by atoms with Gasteiger partial charge in [-0.2, -0.15) is 0 Å². The number of aromatic nitrogens is 3. The van der Waals surface area contributed by atoms with Gasteiger partial charge in [-0.25, -0.2) is 4.79 Å². The summed E-state index contributed by atoms with van der Waals surface area (Å²) in [5.41, 5.74) is 1.26. The Bertz CT molecular complexity index is 1180. The SMILES string of the molecule is O=C(Nc1snnc1C(=O)N1CCC(N2CCCCC2)CC1)N1CC2CC(C1)c1cccc(=O)n1C2. The van der Waals surface area contributed by atoms with Crippen LogP contribution in [0, 0.1) is 5.92 Å². The number of nitrogens with one attached hydrogen (secondary N) is 1. The zero-order valence-electron chi connectivity index (χ0n) is 20.5. The number of hydrogen-bond donors (Lipinski definition) is 1. The van der Waals surface area contributed by atoms with Gasteiger partial charge in [-0.3, -0.25) is 14.9 Å². The zero-order valence-corrected chi connectivity index (χ0v) is 21.3. The van der Waals surface area contributed by atoms with Crippen LogP contribution in [0.4, 0.5) is 9.80 Å². The number of pyridine rings is 1. The first-order valence-electron chi connectivity index (χ1n) is 13.2. The summed E-state index contributed by atoms with van der Waals surface area (Å²) in [6.07, 6.45) is 6.81. The molecule has 6 heterocycles. The number of hydrogen-bond acceptors (Lipinski definition) is 7. The predicted molar refractivity (Wildman–Crippen MR) is 136 cm³/mol. The van der Waals surface area contributed by atoms with E-state index in [0.29, 0.717) is 43.8 Å². The van der Waals surface area contributed by atoms with Crippen LogP contribution >= 0.6 is 11.5 Å². The molecule has 2 aromatic heterocycles. The second kappa shape index (κ2) is 9.93. The van der Waals surface area contributed by atoms with E-state index in [2.05, 4.69) is 19.8 Å². The van der Waals surface area contributed by atoms with Gasteiger partial charge in [-0.1, -0.05) is 17.0 Å². The lowest BCUT2D eigenvalue weighted by molar-refractivity contribution is 0.0585. The maximum Gasteiger partial charge on any atom is 0.322 e. The lowest BCUT2D eigenvalue weighted by Crippen LogP contribution is -2.50. The molecule has 2 bridgehead atoms. The van der Waals surface area contributed by atoms with Crippen molar-refractivity contribution in [3.05, 3.63) is 39.9 Å². The molecule has 3 fully saturated rings. The van der Waals surface area contributed by atoms with Gasteiger partial charge in [0.15, 0.2) is 10.7 Å². The molecule has 2 atom stereocenters. The van der Waals surface area contributed by atoms with Crippen molar-refractivity contribution in [2.45, 2.75) is 57.0 Å². The summed E-state index contributed by atoms with van der Waals surface area (Å²) in [6.45, 7) is 5.53. The highest BCUT2D eigenvalue weighted by Crippen LogP contribution is 2.35. The Morgan fingerprint density at radius 3 is 2.58 bits per heavy atom. The van der Waals surface area contributed by atoms with Crippen molar-refractivity contribution in [2.75, 3.05) is 44.6 Å². The monoisotopic (exact) mass is 511 g/mol. The first-order valence-corrected chi connectivity index (χ1v) is 14.0. The molecule has 3 saturated heterocycles. The van der Waals surface area contributed by atoms with Crippen molar-refractivity contribution in [1.82, 2.24) is 28.9 Å². The maximum atomic E-state index is 13.3. The first-order chi connectivity index (χ1) is 17.6. The number of urea groups is 1. The minimum atomic E-state index is -0.236. The molecule has 10 nitrogen and oxygen atoms in total. The Hall–Kier alpha value is -2.79. The average molecular weight is 512 g/mol. The standard InChI is InChI=1S/C25H33N7O3S/c33-21-6-4-5-20-18-13-17(15-32(20)21)14-31(16-18)25(35)26-23-22(27-28-36-23)24(34)30-11-7-19(8-12-30)29-9-2-1-3-10-29/h4-6,17-19H,1-3,7-16H2,(H,26,35). The molecule has 11 heteroatoms. The molecule has 3 amide bonds. The third-order valence-corrected chi connectivity index (χ3v) is 8.98. The van der Waals surface area contributed by atoms with Crippen molar-refractivity contribution < 1.29 is 9.59 Å². The van der Waals surface area contributed by atoms with E-state index in [4.69, 9.17) is 0 Å². The predicted octanol–water partition coefficient (Wildman–Crippen LogP) is 2.44. The van der Waals surface area contributed by atoms with Crippen LogP contribution in [0.1, 0.15) is 60.6 Å². The van der Waals surface area contributed by atoms with Gasteiger partial charge in [0.1, 0.15) is 0 Å². The van der Waals surface area contributed by atoms with E-state index in [1.165, 1.54) is 32.4 Å². The van der Waals surface area contributed by atoms with Gasteiger partial charge in [0.05, 0.1) is 0 Å².